The van der Waals surface area contributed by atoms with Crippen LogP contribution in [0.5, 0.6) is 11.5 Å². The third-order valence-corrected chi connectivity index (χ3v) is 8.66. The molecule has 4 aliphatic rings. The molecule has 4 atom stereocenters. The van der Waals surface area contributed by atoms with Crippen LogP contribution in [-0.2, 0) is 9.59 Å². The van der Waals surface area contributed by atoms with E-state index < -0.39 is 0 Å². The fourth-order valence-corrected chi connectivity index (χ4v) is 6.95. The molecule has 0 bridgehead atoms. The van der Waals surface area contributed by atoms with E-state index in [2.05, 4.69) is 27.5 Å². The third kappa shape index (κ3) is 4.52. The normalized spacial score (nSPS) is 26.1. The van der Waals surface area contributed by atoms with Crippen LogP contribution in [0.25, 0.3) is 0 Å². The van der Waals surface area contributed by atoms with Crippen LogP contribution in [0.1, 0.15) is 12.8 Å². The summed E-state index contributed by atoms with van der Waals surface area (Å²) in [5, 5.41) is 9.53. The summed E-state index contributed by atoms with van der Waals surface area (Å²) >= 11 is 1.46. The van der Waals surface area contributed by atoms with Gasteiger partial charge in [-0.05, 0) is 49.7 Å². The Kier molecular flexibility index (Phi) is 6.54. The Morgan fingerprint density at radius 2 is 2.00 bits per heavy atom. The summed E-state index contributed by atoms with van der Waals surface area (Å²) in [6.07, 6.45) is 4.32. The summed E-state index contributed by atoms with van der Waals surface area (Å²) in [4.78, 5) is 47.0. The fraction of sp³-hybridized carbons (Fsp3) is 0.333. The Morgan fingerprint density at radius 3 is 2.76 bits per heavy atom. The van der Waals surface area contributed by atoms with Crippen molar-refractivity contribution in [2.75, 3.05) is 24.5 Å². The van der Waals surface area contributed by atoms with Crippen molar-refractivity contribution in [1.29, 1.82) is 0 Å². The standard InChI is InChI=1S/C27H28N6O4S/c1-2-21(34)32-13-11-16(15-32)30-25(35)24-23-22-19(10-12-28-26(22)38-24)33(27(36)31-23)20-9-8-18(14-29-20)37-17-6-4-3-5-7-17/h2-9,14,16,19,22,26,28H,1,10-13,15H2,(H,30,35)(H,31,36)/t16-,19?,22?,26?/m1/s1. The van der Waals surface area contributed by atoms with Crippen LogP contribution in [0.4, 0.5) is 10.6 Å². The molecule has 5 heterocycles. The first-order chi connectivity index (χ1) is 18.5. The number of carbonyl (C=O) groups is 3. The molecule has 2 aromatic rings. The number of carbonyl (C=O) groups excluding carboxylic acids is 3. The molecule has 3 unspecified atom stereocenters. The number of anilines is 1. The number of amides is 4. The van der Waals surface area contributed by atoms with E-state index in [1.54, 1.807) is 28.1 Å². The topological polar surface area (TPSA) is 116 Å². The largest absolute Gasteiger partial charge is 0.456 e. The van der Waals surface area contributed by atoms with Gasteiger partial charge in [-0.1, -0.05) is 36.5 Å². The van der Waals surface area contributed by atoms with Crippen LogP contribution in [0.15, 0.2) is 71.9 Å². The number of hydrogen-bond donors (Lipinski definition) is 3. The van der Waals surface area contributed by atoms with Gasteiger partial charge in [-0.2, -0.15) is 0 Å². The first kappa shape index (κ1) is 24.5. The number of thioether (sulfide) groups is 1. The van der Waals surface area contributed by atoms with E-state index in [0.717, 1.165) is 13.0 Å². The Morgan fingerprint density at radius 1 is 1.16 bits per heavy atom. The second-order valence-electron chi connectivity index (χ2n) is 9.63. The van der Waals surface area contributed by atoms with E-state index in [-0.39, 0.29) is 41.2 Å². The number of nitrogens with zero attached hydrogens (tertiary/aromatic N) is 3. The Bertz CT molecular complexity index is 1300. The van der Waals surface area contributed by atoms with Crippen LogP contribution < -0.4 is 25.6 Å². The molecule has 3 N–H and O–H groups in total. The average molecular weight is 533 g/mol. The predicted molar refractivity (Wildman–Crippen MR) is 143 cm³/mol. The van der Waals surface area contributed by atoms with E-state index in [1.165, 1.54) is 17.8 Å². The first-order valence-electron chi connectivity index (χ1n) is 12.7. The number of benzene rings is 1. The maximum atomic E-state index is 13.4. The second-order valence-corrected chi connectivity index (χ2v) is 10.8. The first-order valence-corrected chi connectivity index (χ1v) is 13.6. The van der Waals surface area contributed by atoms with E-state index >= 15 is 0 Å². The van der Waals surface area contributed by atoms with Gasteiger partial charge in [0.2, 0.25) is 5.91 Å². The lowest BCUT2D eigenvalue weighted by Crippen LogP contribution is -2.62. The van der Waals surface area contributed by atoms with Gasteiger partial charge in [0.15, 0.2) is 0 Å². The highest BCUT2D eigenvalue weighted by Crippen LogP contribution is 2.47. The number of urea groups is 1. The number of piperidine rings is 1. The summed E-state index contributed by atoms with van der Waals surface area (Å²) in [5.74, 6) is 1.40. The molecule has 4 amide bonds. The Labute approximate surface area is 224 Å². The molecule has 4 aliphatic heterocycles. The highest BCUT2D eigenvalue weighted by Gasteiger charge is 2.52. The predicted octanol–water partition coefficient (Wildman–Crippen LogP) is 2.57. The smallest absolute Gasteiger partial charge is 0.327 e. The molecule has 1 aromatic heterocycles. The molecule has 6 rings (SSSR count). The number of hydrogen-bond acceptors (Lipinski definition) is 7. The summed E-state index contributed by atoms with van der Waals surface area (Å²) in [7, 11) is 0. The van der Waals surface area contributed by atoms with E-state index in [9.17, 15) is 14.4 Å². The lowest BCUT2D eigenvalue weighted by atomic mass is 9.86. The number of ether oxygens (including phenoxy) is 1. The molecule has 0 spiro atoms. The Balaban J connectivity index is 1.19. The fourth-order valence-electron chi connectivity index (χ4n) is 5.55. The zero-order valence-electron chi connectivity index (χ0n) is 20.6. The highest BCUT2D eigenvalue weighted by atomic mass is 32.2. The van der Waals surface area contributed by atoms with Crippen LogP contribution >= 0.6 is 11.8 Å². The van der Waals surface area contributed by atoms with Crippen molar-refractivity contribution >= 4 is 35.4 Å². The number of pyridine rings is 1. The van der Waals surface area contributed by atoms with Gasteiger partial charge in [0, 0.05) is 30.7 Å². The van der Waals surface area contributed by atoms with Crippen LogP contribution in [0.3, 0.4) is 0 Å². The highest BCUT2D eigenvalue weighted by molar-refractivity contribution is 8.04. The number of para-hydroxylation sites is 1. The lowest BCUT2D eigenvalue weighted by Gasteiger charge is -2.45. The number of rotatable bonds is 6. The molecule has 0 aliphatic carbocycles. The summed E-state index contributed by atoms with van der Waals surface area (Å²) in [6, 6.07) is 12.5. The molecule has 196 valence electrons. The minimum atomic E-state index is -0.303. The molecule has 11 heteroatoms. The van der Waals surface area contributed by atoms with Gasteiger partial charge in [-0.3, -0.25) is 14.5 Å². The van der Waals surface area contributed by atoms with Crippen molar-refractivity contribution < 1.29 is 19.1 Å². The maximum absolute atomic E-state index is 13.4. The average Bonchev–Trinajstić information content (AvgIpc) is 3.55. The van der Waals surface area contributed by atoms with Crippen molar-refractivity contribution in [2.24, 2.45) is 5.92 Å². The van der Waals surface area contributed by atoms with Crippen LogP contribution in [0, 0.1) is 5.92 Å². The number of likely N-dealkylation sites (tertiary alicyclic amines) is 1. The van der Waals surface area contributed by atoms with Crippen molar-refractivity contribution in [1.82, 2.24) is 25.8 Å². The summed E-state index contributed by atoms with van der Waals surface area (Å²) < 4.78 is 5.85. The van der Waals surface area contributed by atoms with Crippen LogP contribution in [-0.4, -0.2) is 64.8 Å². The molecule has 10 nitrogen and oxygen atoms in total. The van der Waals surface area contributed by atoms with Gasteiger partial charge in [0.05, 0.1) is 22.5 Å². The van der Waals surface area contributed by atoms with Gasteiger partial charge in [-0.15, -0.1) is 0 Å². The number of nitrogens with one attached hydrogen (secondary N) is 3. The van der Waals surface area contributed by atoms with Crippen molar-refractivity contribution in [3.05, 3.63) is 71.9 Å². The van der Waals surface area contributed by atoms with Gasteiger partial charge in [0.1, 0.15) is 17.3 Å². The van der Waals surface area contributed by atoms with E-state index in [4.69, 9.17) is 4.74 Å². The molecule has 1 aromatic carbocycles. The third-order valence-electron chi connectivity index (χ3n) is 7.30. The summed E-state index contributed by atoms with van der Waals surface area (Å²) in [5.41, 5.74) is 0.664. The lowest BCUT2D eigenvalue weighted by molar-refractivity contribution is -0.125. The maximum Gasteiger partial charge on any atom is 0.327 e. The second kappa shape index (κ2) is 10.1. The van der Waals surface area contributed by atoms with Crippen molar-refractivity contribution in [2.45, 2.75) is 30.3 Å². The van der Waals surface area contributed by atoms with E-state index in [1.807, 2.05) is 30.3 Å². The molecule has 38 heavy (non-hydrogen) atoms. The zero-order chi connectivity index (χ0) is 26.2. The SMILES string of the molecule is C=CC(=O)N1CC[C@@H](NC(=O)C2=C3NC(=O)N(c4ccc(Oc5ccccc5)cn4)C4CCNC(S2)C34)C1. The quantitative estimate of drug-likeness (QED) is 0.490. The van der Waals surface area contributed by atoms with Gasteiger partial charge in [-0.25, -0.2) is 9.78 Å². The van der Waals surface area contributed by atoms with Crippen molar-refractivity contribution in [3.8, 4) is 11.5 Å². The van der Waals surface area contributed by atoms with Crippen molar-refractivity contribution in [3.63, 3.8) is 0 Å². The van der Waals surface area contributed by atoms with Gasteiger partial charge in [0.25, 0.3) is 5.91 Å². The molecule has 3 saturated heterocycles. The minimum absolute atomic E-state index is 0.0318. The van der Waals surface area contributed by atoms with E-state index in [0.29, 0.717) is 47.4 Å². The van der Waals surface area contributed by atoms with Gasteiger partial charge >= 0.3 is 6.03 Å². The molecule has 0 saturated carbocycles. The van der Waals surface area contributed by atoms with Gasteiger partial charge < -0.3 is 25.6 Å². The molecular weight excluding hydrogens is 504 g/mol. The Hall–Kier alpha value is -3.83. The molecule has 3 fully saturated rings. The minimum Gasteiger partial charge on any atom is -0.456 e. The summed E-state index contributed by atoms with van der Waals surface area (Å²) in [6.45, 7) is 5.29. The zero-order valence-corrected chi connectivity index (χ0v) is 21.4. The monoisotopic (exact) mass is 532 g/mol. The molecule has 0 radical (unpaired) electrons. The molecular formula is C27H28N6O4S. The van der Waals surface area contributed by atoms with Crippen LogP contribution in [0.2, 0.25) is 0 Å². The number of aromatic nitrogens is 1.